The lowest BCUT2D eigenvalue weighted by atomic mass is 10.0. The molecule has 2 heterocycles. The van der Waals surface area contributed by atoms with Crippen molar-refractivity contribution in [1.82, 2.24) is 9.55 Å². The van der Waals surface area contributed by atoms with E-state index in [9.17, 15) is 4.79 Å². The summed E-state index contributed by atoms with van der Waals surface area (Å²) in [5, 5.41) is 0. The molecule has 0 bridgehead atoms. The van der Waals surface area contributed by atoms with Gasteiger partial charge in [0, 0.05) is 19.0 Å². The van der Waals surface area contributed by atoms with Gasteiger partial charge in [-0.25, -0.2) is 4.98 Å². The van der Waals surface area contributed by atoms with Crippen molar-refractivity contribution in [1.29, 1.82) is 0 Å². The molecule has 0 unspecified atom stereocenters. The van der Waals surface area contributed by atoms with Gasteiger partial charge in [0.2, 0.25) is 0 Å². The summed E-state index contributed by atoms with van der Waals surface area (Å²) in [6.07, 6.45) is 0.922. The van der Waals surface area contributed by atoms with Crippen LogP contribution in [-0.4, -0.2) is 22.6 Å². The maximum atomic E-state index is 11.5. The summed E-state index contributed by atoms with van der Waals surface area (Å²) in [5.74, 6) is 1.51. The number of carbonyl (C=O) groups excluding carboxylic acids is 1. The second-order valence-corrected chi connectivity index (χ2v) is 5.55. The van der Waals surface area contributed by atoms with E-state index in [1.54, 1.807) is 13.2 Å². The zero-order chi connectivity index (χ0) is 16.0. The summed E-state index contributed by atoms with van der Waals surface area (Å²) in [5.41, 5.74) is 4.02. The molecule has 0 saturated heterocycles. The molecule has 5 nitrogen and oxygen atoms in total. The van der Waals surface area contributed by atoms with Crippen LogP contribution in [-0.2, 0) is 17.8 Å². The van der Waals surface area contributed by atoms with E-state index >= 15 is 0 Å². The summed E-state index contributed by atoms with van der Waals surface area (Å²) >= 11 is 0. The van der Waals surface area contributed by atoms with E-state index in [0.29, 0.717) is 11.5 Å². The molecule has 0 radical (unpaired) electrons. The third-order valence-electron chi connectivity index (χ3n) is 4.15. The smallest absolute Gasteiger partial charge is 0.308 e. The predicted octanol–water partition coefficient (Wildman–Crippen LogP) is 3.19. The quantitative estimate of drug-likeness (QED) is 0.539. The Labute approximate surface area is 133 Å². The number of nitrogens with zero attached hydrogens (tertiary/aromatic N) is 2. The van der Waals surface area contributed by atoms with Gasteiger partial charge in [0.1, 0.15) is 11.3 Å². The lowest BCUT2D eigenvalue weighted by Gasteiger charge is -2.19. The van der Waals surface area contributed by atoms with Crippen LogP contribution >= 0.6 is 0 Å². The van der Waals surface area contributed by atoms with Crippen LogP contribution in [0.3, 0.4) is 0 Å². The molecule has 0 spiro atoms. The molecule has 116 valence electrons. The topological polar surface area (TPSA) is 53.4 Å². The first-order chi connectivity index (χ1) is 11.2. The van der Waals surface area contributed by atoms with Crippen LogP contribution in [0.15, 0.2) is 36.4 Å². The molecular weight excluding hydrogens is 292 g/mol. The van der Waals surface area contributed by atoms with Crippen LogP contribution in [0.2, 0.25) is 0 Å². The molecule has 0 amide bonds. The van der Waals surface area contributed by atoms with Crippen LogP contribution in [0.1, 0.15) is 12.5 Å². The summed E-state index contributed by atoms with van der Waals surface area (Å²) < 4.78 is 12.9. The molecule has 2 aromatic carbocycles. The van der Waals surface area contributed by atoms with E-state index in [1.807, 2.05) is 18.2 Å². The Hall–Kier alpha value is -2.82. The predicted molar refractivity (Wildman–Crippen MR) is 86.7 cm³/mol. The highest BCUT2D eigenvalue weighted by molar-refractivity contribution is 5.91. The van der Waals surface area contributed by atoms with Gasteiger partial charge in [-0.05, 0) is 24.1 Å². The SMILES string of the molecule is COc1ccc2nc3n(c2c1OC(C)=O)CCc1ccccc1-3. The molecule has 4 rings (SSSR count). The van der Waals surface area contributed by atoms with Gasteiger partial charge >= 0.3 is 5.97 Å². The molecule has 3 aromatic rings. The van der Waals surface area contributed by atoms with Gasteiger partial charge in [-0.2, -0.15) is 0 Å². The zero-order valence-electron chi connectivity index (χ0n) is 13.0. The van der Waals surface area contributed by atoms with Crippen LogP contribution in [0, 0.1) is 0 Å². The van der Waals surface area contributed by atoms with Crippen LogP contribution in [0.5, 0.6) is 11.5 Å². The fourth-order valence-electron chi connectivity index (χ4n) is 3.19. The number of carbonyl (C=O) groups is 1. The van der Waals surface area contributed by atoms with Crippen molar-refractivity contribution >= 4 is 17.0 Å². The summed E-state index contributed by atoms with van der Waals surface area (Å²) in [6, 6.07) is 12.0. The molecule has 1 aliphatic rings. The van der Waals surface area contributed by atoms with Gasteiger partial charge in [0.25, 0.3) is 0 Å². The highest BCUT2D eigenvalue weighted by Gasteiger charge is 2.24. The number of aryl methyl sites for hydroxylation is 2. The van der Waals surface area contributed by atoms with E-state index in [2.05, 4.69) is 16.7 Å². The van der Waals surface area contributed by atoms with Crippen molar-refractivity contribution in [2.45, 2.75) is 19.9 Å². The Morgan fingerprint density at radius 2 is 2.04 bits per heavy atom. The molecule has 0 N–H and O–H groups in total. The number of fused-ring (bicyclic) bond motifs is 5. The minimum atomic E-state index is -0.373. The molecule has 0 saturated carbocycles. The first-order valence-electron chi connectivity index (χ1n) is 7.53. The molecule has 0 fully saturated rings. The third-order valence-corrected chi connectivity index (χ3v) is 4.15. The molecule has 5 heteroatoms. The number of benzene rings is 2. The highest BCUT2D eigenvalue weighted by atomic mass is 16.6. The fraction of sp³-hybridized carbons (Fsp3) is 0.222. The Bertz CT molecular complexity index is 927. The normalized spacial score (nSPS) is 12.6. The van der Waals surface area contributed by atoms with E-state index < -0.39 is 0 Å². The van der Waals surface area contributed by atoms with E-state index in [4.69, 9.17) is 14.5 Å². The molecule has 0 atom stereocenters. The summed E-state index contributed by atoms with van der Waals surface area (Å²) in [4.78, 5) is 16.3. The number of methoxy groups -OCH3 is 1. The number of imidazole rings is 1. The van der Waals surface area contributed by atoms with Gasteiger partial charge in [-0.15, -0.1) is 0 Å². The average Bonchev–Trinajstić information content (AvgIpc) is 2.94. The van der Waals surface area contributed by atoms with Crippen LogP contribution in [0.4, 0.5) is 0 Å². The first-order valence-corrected chi connectivity index (χ1v) is 7.53. The van der Waals surface area contributed by atoms with Gasteiger partial charge in [0.05, 0.1) is 12.6 Å². The van der Waals surface area contributed by atoms with Crippen molar-refractivity contribution in [3.8, 4) is 22.9 Å². The Kier molecular flexibility index (Phi) is 3.08. The molecule has 23 heavy (non-hydrogen) atoms. The minimum absolute atomic E-state index is 0.373. The van der Waals surface area contributed by atoms with Crippen molar-refractivity contribution in [3.63, 3.8) is 0 Å². The first kappa shape index (κ1) is 13.8. The van der Waals surface area contributed by atoms with Crippen molar-refractivity contribution in [2.24, 2.45) is 0 Å². The van der Waals surface area contributed by atoms with Crippen LogP contribution in [0.25, 0.3) is 22.4 Å². The van der Waals surface area contributed by atoms with Crippen LogP contribution < -0.4 is 9.47 Å². The minimum Gasteiger partial charge on any atom is -0.493 e. The molecule has 1 aromatic heterocycles. The van der Waals surface area contributed by atoms with Gasteiger partial charge in [-0.1, -0.05) is 24.3 Å². The monoisotopic (exact) mass is 308 g/mol. The van der Waals surface area contributed by atoms with Gasteiger partial charge < -0.3 is 14.0 Å². The lowest BCUT2D eigenvalue weighted by molar-refractivity contribution is -0.131. The lowest BCUT2D eigenvalue weighted by Crippen LogP contribution is -2.12. The summed E-state index contributed by atoms with van der Waals surface area (Å²) in [6.45, 7) is 2.19. The van der Waals surface area contributed by atoms with Crippen molar-refractivity contribution in [2.75, 3.05) is 7.11 Å². The second kappa shape index (κ2) is 5.12. The van der Waals surface area contributed by atoms with Crippen molar-refractivity contribution in [3.05, 3.63) is 42.0 Å². The Morgan fingerprint density at radius 1 is 1.22 bits per heavy atom. The number of hydrogen-bond donors (Lipinski definition) is 0. The third kappa shape index (κ3) is 2.08. The maximum Gasteiger partial charge on any atom is 0.308 e. The fourth-order valence-corrected chi connectivity index (χ4v) is 3.19. The van der Waals surface area contributed by atoms with Crippen molar-refractivity contribution < 1.29 is 14.3 Å². The second-order valence-electron chi connectivity index (χ2n) is 5.55. The number of ether oxygens (including phenoxy) is 2. The Balaban J connectivity index is 2.03. The number of rotatable bonds is 2. The van der Waals surface area contributed by atoms with E-state index in [1.165, 1.54) is 12.5 Å². The van der Waals surface area contributed by atoms with E-state index in [0.717, 1.165) is 35.4 Å². The highest BCUT2D eigenvalue weighted by Crippen LogP contribution is 2.40. The Morgan fingerprint density at radius 3 is 2.83 bits per heavy atom. The van der Waals surface area contributed by atoms with Gasteiger partial charge in [-0.3, -0.25) is 4.79 Å². The molecular formula is C18H16N2O3. The van der Waals surface area contributed by atoms with E-state index in [-0.39, 0.29) is 5.97 Å². The number of aromatic nitrogens is 2. The largest absolute Gasteiger partial charge is 0.493 e. The standard InChI is InChI=1S/C18H16N2O3/c1-11(21)23-17-15(22-2)8-7-14-16(17)20-10-9-12-5-3-4-6-13(12)18(20)19-14/h3-8H,9-10H2,1-2H3. The molecule has 0 aliphatic carbocycles. The average molecular weight is 308 g/mol. The number of esters is 1. The molecule has 1 aliphatic heterocycles. The summed E-state index contributed by atoms with van der Waals surface area (Å²) in [7, 11) is 1.57. The number of hydrogen-bond acceptors (Lipinski definition) is 4. The van der Waals surface area contributed by atoms with Gasteiger partial charge in [0.15, 0.2) is 11.5 Å². The maximum absolute atomic E-state index is 11.5. The zero-order valence-corrected chi connectivity index (χ0v) is 13.0.